The van der Waals surface area contributed by atoms with Crippen molar-refractivity contribution in [1.82, 2.24) is 10.0 Å². The fourth-order valence-electron chi connectivity index (χ4n) is 2.62. The number of hydrogen-bond donors (Lipinski definition) is 2. The average molecular weight is 282 g/mol. The van der Waals surface area contributed by atoms with Crippen LogP contribution in [0.25, 0.3) is 0 Å². The Morgan fingerprint density at radius 3 is 2.58 bits per heavy atom. The molecule has 1 aromatic carbocycles. The van der Waals surface area contributed by atoms with Crippen molar-refractivity contribution >= 4 is 10.0 Å². The van der Waals surface area contributed by atoms with Gasteiger partial charge in [-0.3, -0.25) is 0 Å². The molecule has 0 heterocycles. The molecule has 2 N–H and O–H groups in total. The lowest BCUT2D eigenvalue weighted by Gasteiger charge is -2.13. The molecular formula is C14H22N2O2S. The van der Waals surface area contributed by atoms with E-state index in [-0.39, 0.29) is 0 Å². The summed E-state index contributed by atoms with van der Waals surface area (Å²) in [6.45, 7) is 1.12. The Labute approximate surface area is 115 Å². The van der Waals surface area contributed by atoms with E-state index < -0.39 is 10.0 Å². The van der Waals surface area contributed by atoms with E-state index in [1.807, 2.05) is 19.2 Å². The van der Waals surface area contributed by atoms with Crippen molar-refractivity contribution < 1.29 is 8.42 Å². The lowest BCUT2D eigenvalue weighted by Crippen LogP contribution is -2.29. The average Bonchev–Trinajstić information content (AvgIpc) is 2.91. The van der Waals surface area contributed by atoms with Gasteiger partial charge in [0.25, 0.3) is 0 Å². The predicted molar refractivity (Wildman–Crippen MR) is 76.4 cm³/mol. The highest BCUT2D eigenvalue weighted by Crippen LogP contribution is 2.24. The minimum Gasteiger partial charge on any atom is -0.316 e. The van der Waals surface area contributed by atoms with E-state index in [2.05, 4.69) is 10.0 Å². The quantitative estimate of drug-likeness (QED) is 0.837. The summed E-state index contributed by atoms with van der Waals surface area (Å²) in [4.78, 5) is 0.391. The molecule has 0 amide bonds. The summed E-state index contributed by atoms with van der Waals surface area (Å²) in [5.41, 5.74) is 0.809. The Balaban J connectivity index is 2.09. The highest BCUT2D eigenvalue weighted by molar-refractivity contribution is 7.89. The van der Waals surface area contributed by atoms with Crippen LogP contribution in [0.1, 0.15) is 31.2 Å². The van der Waals surface area contributed by atoms with E-state index >= 15 is 0 Å². The van der Waals surface area contributed by atoms with Crippen LogP contribution in [0.3, 0.4) is 0 Å². The smallest absolute Gasteiger partial charge is 0.240 e. The molecule has 0 bridgehead atoms. The Hall–Kier alpha value is -0.910. The first-order chi connectivity index (χ1) is 9.13. The fourth-order valence-corrected chi connectivity index (χ4v) is 3.98. The summed E-state index contributed by atoms with van der Waals surface area (Å²) in [5, 5.41) is 3.00. The summed E-state index contributed by atoms with van der Waals surface area (Å²) in [6, 6.07) is 7.15. The number of hydrogen-bond acceptors (Lipinski definition) is 3. The molecule has 0 spiro atoms. The third-order valence-corrected chi connectivity index (χ3v) is 5.19. The van der Waals surface area contributed by atoms with E-state index in [0.717, 1.165) is 18.4 Å². The Morgan fingerprint density at radius 1 is 1.21 bits per heavy atom. The number of sulfonamides is 1. The van der Waals surface area contributed by atoms with Crippen molar-refractivity contribution in [2.45, 2.75) is 37.1 Å². The molecule has 19 heavy (non-hydrogen) atoms. The van der Waals surface area contributed by atoms with Crippen molar-refractivity contribution in [3.05, 3.63) is 29.8 Å². The number of nitrogens with one attached hydrogen (secondary N) is 2. The third kappa shape index (κ3) is 3.78. The third-order valence-electron chi connectivity index (χ3n) is 3.67. The minimum absolute atomic E-state index is 0.391. The summed E-state index contributed by atoms with van der Waals surface area (Å²) < 4.78 is 27.5. The zero-order chi connectivity index (χ0) is 13.7. The maximum atomic E-state index is 12.3. The lowest BCUT2D eigenvalue weighted by molar-refractivity contribution is 0.519. The van der Waals surface area contributed by atoms with Crippen LogP contribution in [0.4, 0.5) is 0 Å². The molecule has 1 fully saturated rings. The molecule has 0 atom stereocenters. The molecule has 106 valence electrons. The van der Waals surface area contributed by atoms with Gasteiger partial charge in [-0.1, -0.05) is 31.0 Å². The van der Waals surface area contributed by atoms with Crippen LogP contribution in [0.5, 0.6) is 0 Å². The van der Waals surface area contributed by atoms with E-state index in [9.17, 15) is 8.42 Å². The lowest BCUT2D eigenvalue weighted by atomic mass is 10.1. The topological polar surface area (TPSA) is 58.2 Å². The van der Waals surface area contributed by atoms with Gasteiger partial charge in [-0.15, -0.1) is 0 Å². The second-order valence-electron chi connectivity index (χ2n) is 5.14. The minimum atomic E-state index is -3.39. The molecule has 1 aliphatic rings. The van der Waals surface area contributed by atoms with Crippen molar-refractivity contribution in [2.24, 2.45) is 5.92 Å². The highest BCUT2D eigenvalue weighted by Gasteiger charge is 2.21. The van der Waals surface area contributed by atoms with Crippen LogP contribution < -0.4 is 10.0 Å². The van der Waals surface area contributed by atoms with Crippen LogP contribution in [-0.4, -0.2) is 22.0 Å². The van der Waals surface area contributed by atoms with Crippen molar-refractivity contribution in [2.75, 3.05) is 13.6 Å². The normalized spacial score (nSPS) is 16.9. The molecule has 4 nitrogen and oxygen atoms in total. The summed E-state index contributed by atoms with van der Waals surface area (Å²) >= 11 is 0. The first kappa shape index (κ1) is 14.5. The van der Waals surface area contributed by atoms with Crippen LogP contribution in [0.2, 0.25) is 0 Å². The molecule has 1 saturated carbocycles. The summed E-state index contributed by atoms with van der Waals surface area (Å²) in [7, 11) is -1.58. The predicted octanol–water partition coefficient (Wildman–Crippen LogP) is 1.87. The van der Waals surface area contributed by atoms with Crippen molar-refractivity contribution in [1.29, 1.82) is 0 Å². The number of rotatable bonds is 6. The molecule has 1 aromatic rings. The van der Waals surface area contributed by atoms with E-state index in [1.165, 1.54) is 12.8 Å². The maximum absolute atomic E-state index is 12.3. The monoisotopic (exact) mass is 282 g/mol. The zero-order valence-corrected chi connectivity index (χ0v) is 12.2. The van der Waals surface area contributed by atoms with Gasteiger partial charge in [0, 0.05) is 13.1 Å². The molecule has 2 rings (SSSR count). The molecule has 0 unspecified atom stereocenters. The van der Waals surface area contributed by atoms with Gasteiger partial charge < -0.3 is 5.32 Å². The van der Waals surface area contributed by atoms with Gasteiger partial charge in [0.05, 0.1) is 4.90 Å². The second kappa shape index (κ2) is 6.50. The van der Waals surface area contributed by atoms with E-state index in [1.54, 1.807) is 12.1 Å². The molecule has 0 saturated heterocycles. The van der Waals surface area contributed by atoms with Gasteiger partial charge in [0.1, 0.15) is 0 Å². The molecule has 0 aliphatic heterocycles. The highest BCUT2D eigenvalue weighted by atomic mass is 32.2. The van der Waals surface area contributed by atoms with Gasteiger partial charge >= 0.3 is 0 Å². The van der Waals surface area contributed by atoms with Gasteiger partial charge in [-0.25, -0.2) is 13.1 Å². The van der Waals surface area contributed by atoms with E-state index in [0.29, 0.717) is 23.9 Å². The second-order valence-corrected chi connectivity index (χ2v) is 6.88. The van der Waals surface area contributed by atoms with Crippen LogP contribution in [0.15, 0.2) is 29.2 Å². The van der Waals surface area contributed by atoms with Crippen LogP contribution in [-0.2, 0) is 16.6 Å². The molecular weight excluding hydrogens is 260 g/mol. The first-order valence-electron chi connectivity index (χ1n) is 6.85. The Kier molecular flexibility index (Phi) is 4.96. The maximum Gasteiger partial charge on any atom is 0.240 e. The van der Waals surface area contributed by atoms with Crippen molar-refractivity contribution in [3.63, 3.8) is 0 Å². The SMILES string of the molecule is CNCc1ccccc1S(=O)(=O)NCC1CCCC1. The summed E-state index contributed by atoms with van der Waals surface area (Å²) in [5.74, 6) is 0.506. The Bertz CT molecular complexity index is 508. The first-order valence-corrected chi connectivity index (χ1v) is 8.34. The fraction of sp³-hybridized carbons (Fsp3) is 0.571. The van der Waals surface area contributed by atoms with Gasteiger partial charge in [0.15, 0.2) is 0 Å². The largest absolute Gasteiger partial charge is 0.316 e. The molecule has 5 heteroatoms. The molecule has 0 radical (unpaired) electrons. The standard InChI is InChI=1S/C14H22N2O2S/c1-15-11-13-8-4-5-9-14(13)19(17,18)16-10-12-6-2-3-7-12/h4-5,8-9,12,15-16H,2-3,6-7,10-11H2,1H3. The van der Waals surface area contributed by atoms with E-state index in [4.69, 9.17) is 0 Å². The summed E-state index contributed by atoms with van der Waals surface area (Å²) in [6.07, 6.45) is 4.73. The number of benzene rings is 1. The van der Waals surface area contributed by atoms with Crippen LogP contribution in [0, 0.1) is 5.92 Å². The van der Waals surface area contributed by atoms with Crippen LogP contribution >= 0.6 is 0 Å². The molecule has 1 aliphatic carbocycles. The zero-order valence-electron chi connectivity index (χ0n) is 11.4. The molecule has 0 aromatic heterocycles. The van der Waals surface area contributed by atoms with Gasteiger partial charge in [-0.2, -0.15) is 0 Å². The Morgan fingerprint density at radius 2 is 1.89 bits per heavy atom. The van der Waals surface area contributed by atoms with Crippen molar-refractivity contribution in [3.8, 4) is 0 Å². The van der Waals surface area contributed by atoms with Gasteiger partial charge in [-0.05, 0) is 37.4 Å². The van der Waals surface area contributed by atoms with Gasteiger partial charge in [0.2, 0.25) is 10.0 Å².